The highest BCUT2D eigenvalue weighted by Gasteiger charge is 2.18. The van der Waals surface area contributed by atoms with Gasteiger partial charge in [-0.05, 0) is 91.7 Å². The normalized spacial score (nSPS) is 11.4. The Morgan fingerprint density at radius 3 is 1.44 bits per heavy atom. The summed E-state index contributed by atoms with van der Waals surface area (Å²) in [6, 6.07) is 74.0. The van der Waals surface area contributed by atoms with Crippen molar-refractivity contribution in [1.29, 1.82) is 0 Å². The molecule has 0 fully saturated rings. The fourth-order valence-corrected chi connectivity index (χ4v) is 8.20. The van der Waals surface area contributed by atoms with Gasteiger partial charge >= 0.3 is 0 Å². The van der Waals surface area contributed by atoms with Crippen LogP contribution in [0.15, 0.2) is 217 Å². The largest absolute Gasteiger partial charge is 0.456 e. The molecule has 0 atom stereocenters. The highest BCUT2D eigenvalue weighted by molar-refractivity contribution is 6.13. The fourth-order valence-electron chi connectivity index (χ4n) is 8.20. The maximum absolute atomic E-state index is 6.63. The summed E-state index contributed by atoms with van der Waals surface area (Å²) in [7, 11) is 0. The summed E-state index contributed by atoms with van der Waals surface area (Å²) in [5.41, 5.74) is 13.5. The molecular weight excluding hydrogens is 719 g/mol. The number of benzene rings is 9. The van der Waals surface area contributed by atoms with Crippen LogP contribution in [-0.4, -0.2) is 15.0 Å². The summed E-state index contributed by atoms with van der Waals surface area (Å²) in [4.78, 5) is 15.6. The first-order valence-corrected chi connectivity index (χ1v) is 19.8. The summed E-state index contributed by atoms with van der Waals surface area (Å²) < 4.78 is 6.63. The summed E-state index contributed by atoms with van der Waals surface area (Å²) >= 11 is 0. The van der Waals surface area contributed by atoms with Crippen molar-refractivity contribution in [2.24, 2.45) is 0 Å². The van der Waals surface area contributed by atoms with E-state index in [2.05, 4.69) is 188 Å². The standard InChI is InChI=1S/C55H35N3O/c1-4-14-36(15-5-1)40-21-10-23-43(32-40)46-25-13-27-50-52(46)48-31-30-45(35-51(48)59-50)54-56-53(44-24-11-22-41(33-44)37-16-6-2-7-17-37)57-55(58-54)47-26-12-20-39-28-29-42(34-49(39)47)38-18-8-3-9-19-38/h1-35H. The molecule has 0 aliphatic carbocycles. The molecule has 4 nitrogen and oxygen atoms in total. The van der Waals surface area contributed by atoms with Crippen LogP contribution >= 0.6 is 0 Å². The Hall–Kier alpha value is -7.95. The number of hydrogen-bond acceptors (Lipinski definition) is 4. The van der Waals surface area contributed by atoms with Crippen LogP contribution in [0, 0.1) is 0 Å². The third-order valence-corrected chi connectivity index (χ3v) is 11.1. The van der Waals surface area contributed by atoms with Gasteiger partial charge in [0.15, 0.2) is 17.5 Å². The third kappa shape index (κ3) is 6.43. The van der Waals surface area contributed by atoms with Crippen LogP contribution in [0.4, 0.5) is 0 Å². The van der Waals surface area contributed by atoms with Gasteiger partial charge in [0.1, 0.15) is 11.2 Å². The van der Waals surface area contributed by atoms with Crippen LogP contribution < -0.4 is 0 Å². The van der Waals surface area contributed by atoms with Crippen molar-refractivity contribution >= 4 is 32.7 Å². The molecule has 11 aromatic rings. The molecule has 0 aliphatic heterocycles. The molecule has 0 unspecified atom stereocenters. The second-order valence-corrected chi connectivity index (χ2v) is 14.8. The SMILES string of the molecule is c1ccc(-c2cccc(-c3nc(-c4ccc5c(c4)oc4cccc(-c6cccc(-c7ccccc7)c6)c45)nc(-c4cccc5ccc(-c6ccccc6)cc45)n3)c2)cc1. The van der Waals surface area contributed by atoms with Gasteiger partial charge in [0, 0.05) is 27.5 Å². The van der Waals surface area contributed by atoms with Crippen LogP contribution in [0.5, 0.6) is 0 Å². The predicted octanol–water partition coefficient (Wildman–Crippen LogP) is 14.6. The van der Waals surface area contributed by atoms with E-state index in [1.54, 1.807) is 0 Å². The molecule has 0 N–H and O–H groups in total. The zero-order chi connectivity index (χ0) is 39.1. The minimum absolute atomic E-state index is 0.574. The van der Waals surface area contributed by atoms with E-state index in [-0.39, 0.29) is 0 Å². The molecule has 0 radical (unpaired) electrons. The first-order chi connectivity index (χ1) is 29.2. The van der Waals surface area contributed by atoms with E-state index in [4.69, 9.17) is 19.4 Å². The van der Waals surface area contributed by atoms with Crippen LogP contribution in [0.25, 0.3) is 111 Å². The zero-order valence-electron chi connectivity index (χ0n) is 32.0. The smallest absolute Gasteiger partial charge is 0.164 e. The van der Waals surface area contributed by atoms with E-state index in [0.717, 1.165) is 82.8 Å². The number of hydrogen-bond donors (Lipinski definition) is 0. The van der Waals surface area contributed by atoms with Gasteiger partial charge in [-0.15, -0.1) is 0 Å². The minimum Gasteiger partial charge on any atom is -0.456 e. The molecule has 9 aromatic carbocycles. The molecule has 0 saturated carbocycles. The number of rotatable bonds is 7. The van der Waals surface area contributed by atoms with E-state index in [1.165, 1.54) is 11.1 Å². The maximum Gasteiger partial charge on any atom is 0.164 e. The molecule has 0 saturated heterocycles. The Bertz CT molecular complexity index is 3320. The molecule has 0 amide bonds. The van der Waals surface area contributed by atoms with Gasteiger partial charge < -0.3 is 4.42 Å². The highest BCUT2D eigenvalue weighted by Crippen LogP contribution is 2.40. The summed E-state index contributed by atoms with van der Waals surface area (Å²) in [5, 5.41) is 4.31. The topological polar surface area (TPSA) is 51.8 Å². The van der Waals surface area contributed by atoms with E-state index < -0.39 is 0 Å². The molecule has 0 bridgehead atoms. The van der Waals surface area contributed by atoms with Crippen molar-refractivity contribution in [3.63, 3.8) is 0 Å². The summed E-state index contributed by atoms with van der Waals surface area (Å²) in [6.45, 7) is 0. The van der Waals surface area contributed by atoms with Gasteiger partial charge in [0.25, 0.3) is 0 Å². The second kappa shape index (κ2) is 14.5. The Balaban J connectivity index is 1.07. The van der Waals surface area contributed by atoms with Crippen LogP contribution in [0.1, 0.15) is 0 Å². The van der Waals surface area contributed by atoms with Crippen molar-refractivity contribution in [1.82, 2.24) is 15.0 Å². The molecule has 59 heavy (non-hydrogen) atoms. The zero-order valence-corrected chi connectivity index (χ0v) is 32.0. The molecule has 2 heterocycles. The lowest BCUT2D eigenvalue weighted by atomic mass is 9.96. The molecule has 11 rings (SSSR count). The molecule has 2 aromatic heterocycles. The lowest BCUT2D eigenvalue weighted by Gasteiger charge is -2.12. The Labute approximate surface area is 341 Å². The fraction of sp³-hybridized carbons (Fsp3) is 0. The monoisotopic (exact) mass is 753 g/mol. The average molecular weight is 754 g/mol. The molecular formula is C55H35N3O. The molecule has 0 aliphatic rings. The second-order valence-electron chi connectivity index (χ2n) is 14.8. The predicted molar refractivity (Wildman–Crippen MR) is 243 cm³/mol. The van der Waals surface area contributed by atoms with Gasteiger partial charge in [0.05, 0.1) is 0 Å². The van der Waals surface area contributed by atoms with Gasteiger partial charge in [-0.1, -0.05) is 176 Å². The quantitative estimate of drug-likeness (QED) is 0.163. The minimum atomic E-state index is 0.574. The average Bonchev–Trinajstić information content (AvgIpc) is 3.70. The first kappa shape index (κ1) is 34.3. The first-order valence-electron chi connectivity index (χ1n) is 19.8. The van der Waals surface area contributed by atoms with Gasteiger partial charge in [-0.3, -0.25) is 0 Å². The van der Waals surface area contributed by atoms with Gasteiger partial charge in [-0.25, -0.2) is 15.0 Å². The van der Waals surface area contributed by atoms with Gasteiger partial charge in [0.2, 0.25) is 0 Å². The van der Waals surface area contributed by atoms with E-state index in [9.17, 15) is 0 Å². The highest BCUT2D eigenvalue weighted by atomic mass is 16.3. The number of furan rings is 1. The van der Waals surface area contributed by atoms with Crippen molar-refractivity contribution in [3.05, 3.63) is 212 Å². The van der Waals surface area contributed by atoms with Gasteiger partial charge in [-0.2, -0.15) is 0 Å². The summed E-state index contributed by atoms with van der Waals surface area (Å²) in [5.74, 6) is 1.78. The lowest BCUT2D eigenvalue weighted by molar-refractivity contribution is 0.669. The van der Waals surface area contributed by atoms with Crippen molar-refractivity contribution < 1.29 is 4.42 Å². The van der Waals surface area contributed by atoms with Crippen LogP contribution in [0.2, 0.25) is 0 Å². The summed E-state index contributed by atoms with van der Waals surface area (Å²) in [6.07, 6.45) is 0. The molecule has 0 spiro atoms. The Morgan fingerprint density at radius 2 is 0.763 bits per heavy atom. The van der Waals surface area contributed by atoms with E-state index >= 15 is 0 Å². The van der Waals surface area contributed by atoms with E-state index in [1.807, 2.05) is 24.3 Å². The van der Waals surface area contributed by atoms with Crippen LogP contribution in [0.3, 0.4) is 0 Å². The molecule has 276 valence electrons. The Kier molecular flexibility index (Phi) is 8.45. The van der Waals surface area contributed by atoms with Crippen molar-refractivity contribution in [2.45, 2.75) is 0 Å². The van der Waals surface area contributed by atoms with Crippen molar-refractivity contribution in [2.75, 3.05) is 0 Å². The number of fused-ring (bicyclic) bond motifs is 4. The lowest BCUT2D eigenvalue weighted by Crippen LogP contribution is -2.00. The van der Waals surface area contributed by atoms with E-state index in [0.29, 0.717) is 17.5 Å². The third-order valence-electron chi connectivity index (χ3n) is 11.1. The number of nitrogens with zero attached hydrogens (tertiary/aromatic N) is 3. The maximum atomic E-state index is 6.63. The Morgan fingerprint density at radius 1 is 0.271 bits per heavy atom. The number of aromatic nitrogens is 3. The molecule has 4 heteroatoms. The van der Waals surface area contributed by atoms with Crippen LogP contribution in [-0.2, 0) is 0 Å². The van der Waals surface area contributed by atoms with Crippen molar-refractivity contribution in [3.8, 4) is 78.7 Å².